The van der Waals surface area contributed by atoms with Crippen LogP contribution in [0.4, 0.5) is 5.82 Å². The first kappa shape index (κ1) is 13.8. The number of anilines is 1. The molecule has 0 unspecified atom stereocenters. The van der Waals surface area contributed by atoms with Gasteiger partial charge in [0.15, 0.2) is 11.0 Å². The van der Waals surface area contributed by atoms with Crippen molar-refractivity contribution >= 4 is 34.1 Å². The summed E-state index contributed by atoms with van der Waals surface area (Å²) in [7, 11) is 0. The van der Waals surface area contributed by atoms with E-state index in [0.29, 0.717) is 17.0 Å². The number of benzene rings is 1. The predicted molar refractivity (Wildman–Crippen MR) is 86.1 cm³/mol. The Labute approximate surface area is 133 Å². The van der Waals surface area contributed by atoms with Crippen molar-refractivity contribution < 1.29 is 4.79 Å². The van der Waals surface area contributed by atoms with Gasteiger partial charge in [0, 0.05) is 42.9 Å². The molecular weight excluding hydrogens is 300 g/mol. The number of hydrogen-bond acceptors (Lipinski definition) is 4. The maximum Gasteiger partial charge on any atom is 0.225 e. The maximum absolute atomic E-state index is 12.1. The summed E-state index contributed by atoms with van der Waals surface area (Å²) < 4.78 is 0. The number of carbonyl (C=O) groups excluding carboxylic acids is 1. The SMILES string of the molecule is O=C(C1CC1)N1CCN(c2nnc(Cl)c3ccccc23)CC1. The third kappa shape index (κ3) is 2.39. The molecule has 1 aromatic heterocycles. The van der Waals surface area contributed by atoms with Crippen molar-refractivity contribution in [2.45, 2.75) is 12.8 Å². The van der Waals surface area contributed by atoms with Gasteiger partial charge in [-0.15, -0.1) is 10.2 Å². The molecule has 22 heavy (non-hydrogen) atoms. The largest absolute Gasteiger partial charge is 0.351 e. The zero-order chi connectivity index (χ0) is 15.1. The van der Waals surface area contributed by atoms with Crippen molar-refractivity contribution in [2.75, 3.05) is 31.1 Å². The molecule has 0 radical (unpaired) electrons. The van der Waals surface area contributed by atoms with E-state index >= 15 is 0 Å². The van der Waals surface area contributed by atoms with Crippen LogP contribution in [0.3, 0.4) is 0 Å². The van der Waals surface area contributed by atoms with Gasteiger partial charge in [0.2, 0.25) is 5.91 Å². The highest BCUT2D eigenvalue weighted by Crippen LogP contribution is 2.32. The smallest absolute Gasteiger partial charge is 0.225 e. The topological polar surface area (TPSA) is 49.3 Å². The third-order valence-electron chi connectivity index (χ3n) is 4.44. The monoisotopic (exact) mass is 316 g/mol. The Balaban J connectivity index is 1.56. The van der Waals surface area contributed by atoms with Gasteiger partial charge in [-0.05, 0) is 12.8 Å². The molecule has 1 saturated carbocycles. The molecule has 114 valence electrons. The van der Waals surface area contributed by atoms with Crippen molar-refractivity contribution in [3.63, 3.8) is 0 Å². The van der Waals surface area contributed by atoms with Crippen LogP contribution in [0.5, 0.6) is 0 Å². The van der Waals surface area contributed by atoms with E-state index in [1.165, 1.54) is 0 Å². The number of fused-ring (bicyclic) bond motifs is 1. The quantitative estimate of drug-likeness (QED) is 0.853. The lowest BCUT2D eigenvalue weighted by atomic mass is 10.1. The standard InChI is InChI=1S/C16H17ClN4O/c17-14-12-3-1-2-4-13(12)15(19-18-14)20-7-9-21(10-8-20)16(22)11-5-6-11/h1-4,11H,5-10H2. The second kappa shape index (κ2) is 5.39. The molecule has 1 aromatic carbocycles. The predicted octanol–water partition coefficient (Wildman–Crippen LogP) is 2.34. The Morgan fingerprint density at radius 1 is 1.05 bits per heavy atom. The Bertz CT molecular complexity index is 723. The van der Waals surface area contributed by atoms with Gasteiger partial charge in [-0.3, -0.25) is 4.79 Å². The van der Waals surface area contributed by atoms with Crippen LogP contribution in [0.15, 0.2) is 24.3 Å². The number of aromatic nitrogens is 2. The minimum absolute atomic E-state index is 0.294. The molecule has 6 heteroatoms. The van der Waals surface area contributed by atoms with Crippen molar-refractivity contribution in [3.05, 3.63) is 29.4 Å². The van der Waals surface area contributed by atoms with Crippen molar-refractivity contribution in [2.24, 2.45) is 5.92 Å². The minimum Gasteiger partial charge on any atom is -0.351 e. The van der Waals surface area contributed by atoms with E-state index in [-0.39, 0.29) is 0 Å². The first-order chi connectivity index (χ1) is 10.7. The molecule has 2 aliphatic rings. The molecule has 5 nitrogen and oxygen atoms in total. The number of rotatable bonds is 2. The van der Waals surface area contributed by atoms with Crippen molar-refractivity contribution in [1.29, 1.82) is 0 Å². The summed E-state index contributed by atoms with van der Waals surface area (Å²) in [6.07, 6.45) is 2.12. The first-order valence-electron chi connectivity index (χ1n) is 7.68. The van der Waals surface area contributed by atoms with Crippen LogP contribution in [-0.2, 0) is 4.79 Å². The highest BCUT2D eigenvalue weighted by Gasteiger charge is 2.34. The molecule has 0 atom stereocenters. The second-order valence-corrected chi connectivity index (χ2v) is 6.30. The van der Waals surface area contributed by atoms with Gasteiger partial charge >= 0.3 is 0 Å². The van der Waals surface area contributed by atoms with Crippen LogP contribution in [0, 0.1) is 5.92 Å². The van der Waals surface area contributed by atoms with E-state index in [9.17, 15) is 4.79 Å². The van der Waals surface area contributed by atoms with Crippen LogP contribution < -0.4 is 4.90 Å². The number of nitrogens with zero attached hydrogens (tertiary/aromatic N) is 4. The Hall–Kier alpha value is -1.88. The van der Waals surface area contributed by atoms with Crippen LogP contribution in [-0.4, -0.2) is 47.2 Å². The normalized spacial score (nSPS) is 18.8. The molecule has 0 spiro atoms. The average Bonchev–Trinajstić information content (AvgIpc) is 3.40. The molecule has 2 fully saturated rings. The summed E-state index contributed by atoms with van der Waals surface area (Å²) in [4.78, 5) is 16.3. The molecule has 0 bridgehead atoms. The lowest BCUT2D eigenvalue weighted by Crippen LogP contribution is -2.49. The molecule has 1 aliphatic heterocycles. The molecule has 1 aliphatic carbocycles. The van der Waals surface area contributed by atoms with E-state index in [1.54, 1.807) is 0 Å². The summed E-state index contributed by atoms with van der Waals surface area (Å²) in [5.41, 5.74) is 0. The zero-order valence-electron chi connectivity index (χ0n) is 12.2. The highest BCUT2D eigenvalue weighted by atomic mass is 35.5. The molecular formula is C16H17ClN4O. The van der Waals surface area contributed by atoms with Gasteiger partial charge in [0.1, 0.15) is 0 Å². The van der Waals surface area contributed by atoms with Gasteiger partial charge in [0.05, 0.1) is 0 Å². The van der Waals surface area contributed by atoms with E-state index < -0.39 is 0 Å². The van der Waals surface area contributed by atoms with E-state index in [0.717, 1.165) is 55.6 Å². The number of piperazine rings is 1. The lowest BCUT2D eigenvalue weighted by Gasteiger charge is -2.35. The number of halogens is 1. The number of amides is 1. The van der Waals surface area contributed by atoms with Crippen molar-refractivity contribution in [3.8, 4) is 0 Å². The highest BCUT2D eigenvalue weighted by molar-refractivity contribution is 6.34. The van der Waals surface area contributed by atoms with Gasteiger partial charge < -0.3 is 9.80 Å². The van der Waals surface area contributed by atoms with Crippen LogP contribution >= 0.6 is 11.6 Å². The van der Waals surface area contributed by atoms with E-state index in [4.69, 9.17) is 11.6 Å². The van der Waals surface area contributed by atoms with E-state index in [1.807, 2.05) is 29.2 Å². The van der Waals surface area contributed by atoms with Gasteiger partial charge in [-0.2, -0.15) is 0 Å². The summed E-state index contributed by atoms with van der Waals surface area (Å²) in [5.74, 6) is 1.48. The fourth-order valence-corrected chi connectivity index (χ4v) is 3.22. The minimum atomic E-state index is 0.294. The first-order valence-corrected chi connectivity index (χ1v) is 8.06. The fourth-order valence-electron chi connectivity index (χ4n) is 3.02. The second-order valence-electron chi connectivity index (χ2n) is 5.95. The summed E-state index contributed by atoms with van der Waals surface area (Å²) >= 11 is 6.13. The molecule has 0 N–H and O–H groups in total. The average molecular weight is 317 g/mol. The van der Waals surface area contributed by atoms with Gasteiger partial charge in [0.25, 0.3) is 0 Å². The van der Waals surface area contributed by atoms with Gasteiger partial charge in [-0.1, -0.05) is 35.9 Å². The molecule has 2 aromatic rings. The molecule has 1 amide bonds. The Morgan fingerprint density at radius 2 is 1.73 bits per heavy atom. The van der Waals surface area contributed by atoms with Crippen LogP contribution in [0.1, 0.15) is 12.8 Å². The van der Waals surface area contributed by atoms with E-state index in [2.05, 4.69) is 15.1 Å². The fraction of sp³-hybridized carbons (Fsp3) is 0.438. The lowest BCUT2D eigenvalue weighted by molar-refractivity contribution is -0.132. The molecule has 2 heterocycles. The molecule has 1 saturated heterocycles. The van der Waals surface area contributed by atoms with Crippen LogP contribution in [0.2, 0.25) is 5.15 Å². The van der Waals surface area contributed by atoms with Gasteiger partial charge in [-0.25, -0.2) is 0 Å². The maximum atomic E-state index is 12.1. The van der Waals surface area contributed by atoms with Crippen LogP contribution in [0.25, 0.3) is 10.8 Å². The summed E-state index contributed by atoms with van der Waals surface area (Å²) in [5, 5.41) is 10.7. The third-order valence-corrected chi connectivity index (χ3v) is 4.72. The molecule has 4 rings (SSSR count). The number of carbonyl (C=O) groups is 1. The summed E-state index contributed by atoms with van der Waals surface area (Å²) in [6.45, 7) is 3.10. The Kier molecular flexibility index (Phi) is 3.37. The Morgan fingerprint density at radius 3 is 2.41 bits per heavy atom. The zero-order valence-corrected chi connectivity index (χ0v) is 13.0. The van der Waals surface area contributed by atoms with Crippen molar-refractivity contribution in [1.82, 2.24) is 15.1 Å². The number of hydrogen-bond donors (Lipinski definition) is 0. The summed E-state index contributed by atoms with van der Waals surface area (Å²) in [6, 6.07) is 7.91.